The largest absolute Gasteiger partial charge is 0.465 e. The van der Waals surface area contributed by atoms with E-state index in [-0.39, 0.29) is 23.9 Å². The van der Waals surface area contributed by atoms with Gasteiger partial charge in [0.25, 0.3) is 0 Å². The molecule has 2 amide bonds. The molecule has 1 saturated heterocycles. The summed E-state index contributed by atoms with van der Waals surface area (Å²) in [4.78, 5) is 29.3. The molecule has 3 atom stereocenters. The van der Waals surface area contributed by atoms with Crippen molar-refractivity contribution in [2.45, 2.75) is 32.9 Å². The molecule has 2 aromatic rings. The quantitative estimate of drug-likeness (QED) is 0.740. The number of nitrogens with zero attached hydrogens (tertiary/aromatic N) is 4. The molecule has 0 saturated carbocycles. The number of nitriles is 1. The lowest BCUT2D eigenvalue weighted by Crippen LogP contribution is -2.49. The van der Waals surface area contributed by atoms with E-state index in [9.17, 15) is 14.7 Å². The van der Waals surface area contributed by atoms with Gasteiger partial charge < -0.3 is 25.1 Å². The van der Waals surface area contributed by atoms with Crippen molar-refractivity contribution in [3.05, 3.63) is 53.6 Å². The van der Waals surface area contributed by atoms with Crippen molar-refractivity contribution >= 4 is 29.1 Å². The Kier molecular flexibility index (Phi) is 6.14. The third-order valence-corrected chi connectivity index (χ3v) is 6.89. The first-order valence-corrected chi connectivity index (χ1v) is 11.2. The van der Waals surface area contributed by atoms with E-state index >= 15 is 0 Å². The Labute approximate surface area is 194 Å². The van der Waals surface area contributed by atoms with Crippen LogP contribution in [-0.4, -0.2) is 54.2 Å². The molecular formula is C25H29N5O3. The number of anilines is 3. The fraction of sp³-hybridized carbons (Fsp3) is 0.400. The second-order valence-corrected chi connectivity index (χ2v) is 8.80. The predicted molar refractivity (Wildman–Crippen MR) is 128 cm³/mol. The van der Waals surface area contributed by atoms with Crippen LogP contribution < -0.4 is 15.1 Å². The number of fused-ring (bicyclic) bond motifs is 1. The summed E-state index contributed by atoms with van der Waals surface area (Å²) in [5, 5.41) is 22.0. The Morgan fingerprint density at radius 2 is 1.73 bits per heavy atom. The minimum absolute atomic E-state index is 0.00949. The molecule has 2 aliphatic heterocycles. The predicted octanol–water partition coefficient (Wildman–Crippen LogP) is 3.90. The summed E-state index contributed by atoms with van der Waals surface area (Å²) >= 11 is 0. The van der Waals surface area contributed by atoms with Crippen LogP contribution in [0.15, 0.2) is 42.5 Å². The number of carbonyl (C=O) groups is 2. The fourth-order valence-corrected chi connectivity index (χ4v) is 4.87. The average molecular weight is 448 g/mol. The molecule has 0 aromatic heterocycles. The minimum atomic E-state index is -0.883. The Morgan fingerprint density at radius 3 is 2.30 bits per heavy atom. The summed E-state index contributed by atoms with van der Waals surface area (Å²) < 4.78 is 0. The van der Waals surface area contributed by atoms with Crippen molar-refractivity contribution in [3.8, 4) is 6.07 Å². The topological polar surface area (TPSA) is 99.9 Å². The number of piperazine rings is 1. The molecule has 0 radical (unpaired) electrons. The first kappa shape index (κ1) is 22.5. The first-order valence-electron chi connectivity index (χ1n) is 11.2. The molecule has 2 aliphatic rings. The summed E-state index contributed by atoms with van der Waals surface area (Å²) in [5.74, 6) is 0.145. The molecule has 1 fully saturated rings. The van der Waals surface area contributed by atoms with Gasteiger partial charge in [0.05, 0.1) is 17.7 Å². The number of nitrogens with one attached hydrogen (secondary N) is 1. The van der Waals surface area contributed by atoms with Gasteiger partial charge in [-0.3, -0.25) is 4.79 Å². The summed E-state index contributed by atoms with van der Waals surface area (Å²) in [6, 6.07) is 15.7. The number of rotatable bonds is 3. The smallest absolute Gasteiger partial charge is 0.407 e. The third kappa shape index (κ3) is 4.31. The van der Waals surface area contributed by atoms with E-state index in [2.05, 4.69) is 36.2 Å². The Bertz CT molecular complexity index is 1090. The van der Waals surface area contributed by atoms with Gasteiger partial charge in [0, 0.05) is 67.7 Å². The Balaban J connectivity index is 1.69. The normalized spacial score (nSPS) is 22.4. The Hall–Kier alpha value is -3.73. The van der Waals surface area contributed by atoms with Crippen LogP contribution in [0.25, 0.3) is 0 Å². The zero-order chi connectivity index (χ0) is 23.7. The van der Waals surface area contributed by atoms with E-state index in [0.717, 1.165) is 22.6 Å². The van der Waals surface area contributed by atoms with Crippen molar-refractivity contribution in [3.63, 3.8) is 0 Å². The molecular weight excluding hydrogens is 418 g/mol. The zero-order valence-electron chi connectivity index (χ0n) is 19.2. The van der Waals surface area contributed by atoms with Crippen LogP contribution in [0.3, 0.4) is 0 Å². The Morgan fingerprint density at radius 1 is 1.06 bits per heavy atom. The molecule has 2 aromatic carbocycles. The maximum Gasteiger partial charge on any atom is 0.407 e. The molecule has 8 heteroatoms. The fourth-order valence-electron chi connectivity index (χ4n) is 4.87. The van der Waals surface area contributed by atoms with Crippen molar-refractivity contribution in [1.82, 2.24) is 4.90 Å². The average Bonchev–Trinajstić information content (AvgIpc) is 2.82. The van der Waals surface area contributed by atoms with Crippen LogP contribution in [0.2, 0.25) is 0 Å². The van der Waals surface area contributed by atoms with Crippen LogP contribution in [0.5, 0.6) is 0 Å². The van der Waals surface area contributed by atoms with E-state index in [1.54, 1.807) is 19.1 Å². The first-order chi connectivity index (χ1) is 15.8. The van der Waals surface area contributed by atoms with Crippen LogP contribution in [0.1, 0.15) is 37.9 Å². The molecule has 0 aliphatic carbocycles. The lowest BCUT2D eigenvalue weighted by Gasteiger charge is -2.45. The summed E-state index contributed by atoms with van der Waals surface area (Å²) in [6.45, 7) is 7.99. The van der Waals surface area contributed by atoms with Gasteiger partial charge in [-0.25, -0.2) is 4.79 Å². The number of amides is 2. The SMILES string of the molecule is CC(=O)N1c2ccc(N3CCN(C(=O)O)CC3)cc2[C@H](Nc2ccc(C#N)cc2)[C@@H](C)[C@@H]1C. The molecule has 0 bridgehead atoms. The van der Waals surface area contributed by atoms with Gasteiger partial charge in [0.15, 0.2) is 0 Å². The van der Waals surface area contributed by atoms with Crippen LogP contribution in [-0.2, 0) is 4.79 Å². The molecule has 8 nitrogen and oxygen atoms in total. The van der Waals surface area contributed by atoms with E-state index < -0.39 is 6.09 Å². The van der Waals surface area contributed by atoms with Crippen LogP contribution >= 0.6 is 0 Å². The number of carboxylic acid groups (broad SMARTS) is 1. The summed E-state index contributed by atoms with van der Waals surface area (Å²) in [7, 11) is 0. The van der Waals surface area contributed by atoms with Crippen molar-refractivity contribution in [2.75, 3.05) is 41.3 Å². The maximum atomic E-state index is 12.5. The van der Waals surface area contributed by atoms with Gasteiger partial charge >= 0.3 is 6.09 Å². The molecule has 0 spiro atoms. The molecule has 33 heavy (non-hydrogen) atoms. The van der Waals surface area contributed by atoms with E-state index in [4.69, 9.17) is 5.26 Å². The third-order valence-electron chi connectivity index (χ3n) is 6.89. The van der Waals surface area contributed by atoms with Gasteiger partial charge in [-0.05, 0) is 49.4 Å². The highest BCUT2D eigenvalue weighted by atomic mass is 16.4. The zero-order valence-corrected chi connectivity index (χ0v) is 19.2. The van der Waals surface area contributed by atoms with E-state index in [1.807, 2.05) is 29.2 Å². The summed E-state index contributed by atoms with van der Waals surface area (Å²) in [6.07, 6.45) is -0.883. The lowest BCUT2D eigenvalue weighted by atomic mass is 9.82. The number of benzene rings is 2. The number of hydrogen-bond acceptors (Lipinski definition) is 5. The van der Waals surface area contributed by atoms with Gasteiger partial charge in [-0.1, -0.05) is 6.92 Å². The molecule has 2 N–H and O–H groups in total. The summed E-state index contributed by atoms with van der Waals surface area (Å²) in [5.41, 5.74) is 4.48. The number of hydrogen-bond donors (Lipinski definition) is 2. The molecule has 0 unspecified atom stereocenters. The van der Waals surface area contributed by atoms with E-state index in [1.165, 1.54) is 4.90 Å². The van der Waals surface area contributed by atoms with Gasteiger partial charge in [-0.2, -0.15) is 5.26 Å². The van der Waals surface area contributed by atoms with Crippen molar-refractivity contribution < 1.29 is 14.7 Å². The van der Waals surface area contributed by atoms with Crippen molar-refractivity contribution in [2.24, 2.45) is 5.92 Å². The minimum Gasteiger partial charge on any atom is -0.465 e. The van der Waals surface area contributed by atoms with Crippen LogP contribution in [0.4, 0.5) is 21.9 Å². The molecule has 2 heterocycles. The second-order valence-electron chi connectivity index (χ2n) is 8.80. The lowest BCUT2D eigenvalue weighted by molar-refractivity contribution is -0.117. The van der Waals surface area contributed by atoms with Crippen LogP contribution in [0, 0.1) is 17.2 Å². The standard InChI is InChI=1S/C25H29N5O3/c1-16-17(2)30(18(3)31)23-9-8-21(28-10-12-29(13-11-28)25(32)33)14-22(23)24(16)27-20-6-4-19(15-26)5-7-20/h4-9,14,16-17,24,27H,10-13H2,1-3H3,(H,32,33)/t16-,17-,24+/m0/s1. The highest BCUT2D eigenvalue weighted by Crippen LogP contribution is 2.44. The second kappa shape index (κ2) is 9.02. The number of carbonyl (C=O) groups excluding carboxylic acids is 1. The maximum absolute atomic E-state index is 12.5. The monoisotopic (exact) mass is 447 g/mol. The van der Waals surface area contributed by atoms with E-state index in [0.29, 0.717) is 31.7 Å². The highest BCUT2D eigenvalue weighted by molar-refractivity contribution is 5.94. The molecule has 172 valence electrons. The van der Waals surface area contributed by atoms with Gasteiger partial charge in [0.2, 0.25) is 5.91 Å². The van der Waals surface area contributed by atoms with Crippen molar-refractivity contribution in [1.29, 1.82) is 5.26 Å². The highest BCUT2D eigenvalue weighted by Gasteiger charge is 2.38. The van der Waals surface area contributed by atoms with Gasteiger partial charge in [-0.15, -0.1) is 0 Å². The molecule has 4 rings (SSSR count). The van der Waals surface area contributed by atoms with Gasteiger partial charge in [0.1, 0.15) is 0 Å².